The highest BCUT2D eigenvalue weighted by atomic mass is 32.2. The molecule has 0 saturated heterocycles. The number of imidazole rings is 1. The van der Waals surface area contributed by atoms with E-state index in [0.29, 0.717) is 5.16 Å². The van der Waals surface area contributed by atoms with E-state index in [1.165, 1.54) is 11.8 Å². The second-order valence-corrected chi connectivity index (χ2v) is 5.77. The van der Waals surface area contributed by atoms with E-state index < -0.39 is 0 Å². The van der Waals surface area contributed by atoms with Gasteiger partial charge in [0.25, 0.3) is 0 Å². The SMILES string of the molecule is CC(C)n1c2ccccc2n2c(SCC(N)=O)nnc12. The van der Waals surface area contributed by atoms with E-state index in [1.54, 1.807) is 0 Å². The smallest absolute Gasteiger partial charge is 0.237 e. The second kappa shape index (κ2) is 4.82. The number of amides is 1. The number of carbonyl (C=O) groups is 1. The van der Waals surface area contributed by atoms with Crippen molar-refractivity contribution in [1.82, 2.24) is 19.2 Å². The average molecular weight is 289 g/mol. The molecule has 0 spiro atoms. The van der Waals surface area contributed by atoms with E-state index in [9.17, 15) is 4.79 Å². The minimum atomic E-state index is -0.362. The second-order valence-electron chi connectivity index (χ2n) is 4.83. The summed E-state index contributed by atoms with van der Waals surface area (Å²) in [4.78, 5) is 10.9. The number of nitrogens with two attached hydrogens (primary N) is 1. The van der Waals surface area contributed by atoms with Crippen LogP contribution in [0.2, 0.25) is 0 Å². The van der Waals surface area contributed by atoms with Crippen LogP contribution in [-0.2, 0) is 4.79 Å². The van der Waals surface area contributed by atoms with Crippen LogP contribution in [0, 0.1) is 0 Å². The molecule has 3 rings (SSSR count). The lowest BCUT2D eigenvalue weighted by molar-refractivity contribution is -0.115. The standard InChI is InChI=1S/C13H15N5OS/c1-8(2)17-9-5-3-4-6-10(9)18-12(17)15-16-13(18)20-7-11(14)19/h3-6,8H,7H2,1-2H3,(H2,14,19). The molecule has 1 amide bonds. The van der Waals surface area contributed by atoms with Gasteiger partial charge in [0.1, 0.15) is 0 Å². The van der Waals surface area contributed by atoms with Crippen molar-refractivity contribution in [2.75, 3.05) is 5.75 Å². The summed E-state index contributed by atoms with van der Waals surface area (Å²) in [7, 11) is 0. The minimum Gasteiger partial charge on any atom is -0.369 e. The number of para-hydroxylation sites is 2. The zero-order valence-corrected chi connectivity index (χ0v) is 12.1. The summed E-state index contributed by atoms with van der Waals surface area (Å²) >= 11 is 1.31. The van der Waals surface area contributed by atoms with Gasteiger partial charge in [-0.3, -0.25) is 9.20 Å². The molecule has 0 aliphatic carbocycles. The topological polar surface area (TPSA) is 78.2 Å². The molecule has 2 heterocycles. The summed E-state index contributed by atoms with van der Waals surface area (Å²) in [6.07, 6.45) is 0. The normalized spacial score (nSPS) is 11.8. The number of rotatable bonds is 4. The number of thioether (sulfide) groups is 1. The van der Waals surface area contributed by atoms with Crippen LogP contribution in [0.25, 0.3) is 16.8 Å². The van der Waals surface area contributed by atoms with E-state index in [2.05, 4.69) is 34.7 Å². The zero-order valence-electron chi connectivity index (χ0n) is 11.3. The highest BCUT2D eigenvalue weighted by Gasteiger charge is 2.18. The molecule has 0 aliphatic heterocycles. The summed E-state index contributed by atoms with van der Waals surface area (Å²) in [5, 5.41) is 9.12. The molecule has 20 heavy (non-hydrogen) atoms. The van der Waals surface area contributed by atoms with Crippen LogP contribution < -0.4 is 5.73 Å². The summed E-state index contributed by atoms with van der Waals surface area (Å²) in [5.41, 5.74) is 7.34. The molecule has 2 N–H and O–H groups in total. The van der Waals surface area contributed by atoms with Crippen LogP contribution >= 0.6 is 11.8 Å². The van der Waals surface area contributed by atoms with E-state index >= 15 is 0 Å². The minimum absolute atomic E-state index is 0.196. The Balaban J connectivity index is 2.26. The fraction of sp³-hybridized carbons (Fsp3) is 0.308. The molecule has 2 aromatic heterocycles. The highest BCUT2D eigenvalue weighted by molar-refractivity contribution is 7.99. The van der Waals surface area contributed by atoms with Gasteiger partial charge in [0.05, 0.1) is 16.8 Å². The largest absolute Gasteiger partial charge is 0.369 e. The van der Waals surface area contributed by atoms with Crippen molar-refractivity contribution in [2.45, 2.75) is 25.0 Å². The first kappa shape index (κ1) is 13.0. The van der Waals surface area contributed by atoms with Crippen molar-refractivity contribution in [3.05, 3.63) is 24.3 Å². The third-order valence-electron chi connectivity index (χ3n) is 3.07. The summed E-state index contributed by atoms with van der Waals surface area (Å²) in [6.45, 7) is 4.22. The lowest BCUT2D eigenvalue weighted by atomic mass is 10.3. The Bertz CT molecular complexity index is 789. The van der Waals surface area contributed by atoms with Gasteiger partial charge in [-0.15, -0.1) is 10.2 Å². The summed E-state index contributed by atoms with van der Waals surface area (Å²) in [5.74, 6) is 0.620. The zero-order chi connectivity index (χ0) is 14.3. The van der Waals surface area contributed by atoms with Gasteiger partial charge in [0.2, 0.25) is 11.7 Å². The van der Waals surface area contributed by atoms with Crippen molar-refractivity contribution in [1.29, 1.82) is 0 Å². The van der Waals surface area contributed by atoms with Gasteiger partial charge in [0, 0.05) is 6.04 Å². The Morgan fingerprint density at radius 2 is 2.00 bits per heavy atom. The molecule has 0 fully saturated rings. The van der Waals surface area contributed by atoms with Crippen molar-refractivity contribution in [3.8, 4) is 0 Å². The van der Waals surface area contributed by atoms with Gasteiger partial charge in [-0.2, -0.15) is 0 Å². The third kappa shape index (κ3) is 1.94. The van der Waals surface area contributed by atoms with Gasteiger partial charge in [-0.1, -0.05) is 23.9 Å². The van der Waals surface area contributed by atoms with Gasteiger partial charge in [-0.05, 0) is 26.0 Å². The Morgan fingerprint density at radius 1 is 1.30 bits per heavy atom. The number of fused-ring (bicyclic) bond motifs is 3. The molecular weight excluding hydrogens is 274 g/mol. The number of carbonyl (C=O) groups excluding carboxylic acids is 1. The monoisotopic (exact) mass is 289 g/mol. The van der Waals surface area contributed by atoms with E-state index in [4.69, 9.17) is 5.73 Å². The number of benzene rings is 1. The van der Waals surface area contributed by atoms with Crippen LogP contribution in [0.5, 0.6) is 0 Å². The average Bonchev–Trinajstić information content (AvgIpc) is 2.93. The molecule has 3 aromatic rings. The molecule has 6 nitrogen and oxygen atoms in total. The van der Waals surface area contributed by atoms with Gasteiger partial charge in [0.15, 0.2) is 5.16 Å². The molecule has 1 aromatic carbocycles. The molecule has 0 saturated carbocycles. The van der Waals surface area contributed by atoms with Gasteiger partial charge in [-0.25, -0.2) is 0 Å². The van der Waals surface area contributed by atoms with E-state index in [-0.39, 0.29) is 17.7 Å². The molecule has 0 aliphatic rings. The first-order valence-corrected chi connectivity index (χ1v) is 7.33. The Labute approximate surface area is 120 Å². The number of aromatic nitrogens is 4. The molecular formula is C13H15N5OS. The maximum absolute atomic E-state index is 10.9. The fourth-order valence-electron chi connectivity index (χ4n) is 2.33. The summed E-state index contributed by atoms with van der Waals surface area (Å²) in [6, 6.07) is 8.35. The molecule has 104 valence electrons. The van der Waals surface area contributed by atoms with Crippen LogP contribution in [0.15, 0.2) is 29.4 Å². The summed E-state index contributed by atoms with van der Waals surface area (Å²) < 4.78 is 4.11. The van der Waals surface area contributed by atoms with Gasteiger partial charge < -0.3 is 10.3 Å². The van der Waals surface area contributed by atoms with Crippen LogP contribution in [0.4, 0.5) is 0 Å². The van der Waals surface area contributed by atoms with Crippen molar-refractivity contribution in [2.24, 2.45) is 5.73 Å². The van der Waals surface area contributed by atoms with Gasteiger partial charge >= 0.3 is 0 Å². The molecule has 0 bridgehead atoms. The predicted molar refractivity (Wildman–Crippen MR) is 78.8 cm³/mol. The Hall–Kier alpha value is -2.02. The number of hydrogen-bond donors (Lipinski definition) is 1. The van der Waals surface area contributed by atoms with Crippen LogP contribution in [0.1, 0.15) is 19.9 Å². The first-order chi connectivity index (χ1) is 9.59. The molecule has 0 radical (unpaired) electrons. The highest BCUT2D eigenvalue weighted by Crippen LogP contribution is 2.27. The maximum atomic E-state index is 10.9. The Morgan fingerprint density at radius 3 is 2.65 bits per heavy atom. The maximum Gasteiger partial charge on any atom is 0.237 e. The number of hydrogen-bond acceptors (Lipinski definition) is 4. The lowest BCUT2D eigenvalue weighted by Gasteiger charge is -2.07. The third-order valence-corrected chi connectivity index (χ3v) is 4.03. The van der Waals surface area contributed by atoms with Crippen molar-refractivity contribution >= 4 is 34.5 Å². The van der Waals surface area contributed by atoms with Crippen molar-refractivity contribution in [3.63, 3.8) is 0 Å². The predicted octanol–water partition coefficient (Wildman–Crippen LogP) is 1.84. The fourth-order valence-corrected chi connectivity index (χ4v) is 3.01. The molecule has 0 atom stereocenters. The number of primary amides is 1. The van der Waals surface area contributed by atoms with E-state index in [0.717, 1.165) is 16.8 Å². The van der Waals surface area contributed by atoms with Crippen molar-refractivity contribution < 1.29 is 4.79 Å². The first-order valence-electron chi connectivity index (χ1n) is 6.34. The Kier molecular flexibility index (Phi) is 3.13. The van der Waals surface area contributed by atoms with Crippen LogP contribution in [0.3, 0.4) is 0 Å². The quantitative estimate of drug-likeness (QED) is 0.743. The molecule has 7 heteroatoms. The lowest BCUT2D eigenvalue weighted by Crippen LogP contribution is -2.13. The van der Waals surface area contributed by atoms with E-state index in [1.807, 2.05) is 22.6 Å². The van der Waals surface area contributed by atoms with Crippen LogP contribution in [-0.4, -0.2) is 30.8 Å². The molecule has 0 unspecified atom stereocenters. The number of nitrogens with zero attached hydrogens (tertiary/aromatic N) is 4.